The lowest BCUT2D eigenvalue weighted by atomic mass is 9.79. The van der Waals surface area contributed by atoms with Gasteiger partial charge in [-0.2, -0.15) is 0 Å². The number of hydrogen-bond donors (Lipinski definition) is 0. The van der Waals surface area contributed by atoms with Gasteiger partial charge < -0.3 is 0 Å². The van der Waals surface area contributed by atoms with Crippen molar-refractivity contribution in [2.45, 2.75) is 11.8 Å². The Morgan fingerprint density at radius 3 is 1.95 bits per heavy atom. The normalized spacial score (nSPS) is 11.6. The van der Waals surface area contributed by atoms with Gasteiger partial charge >= 0.3 is 0 Å². The fraction of sp³-hybridized carbons (Fsp3) is 0.250. The molecule has 2 aromatic carbocycles. The predicted molar refractivity (Wildman–Crippen MR) is 92.4 cm³/mol. The van der Waals surface area contributed by atoms with E-state index in [1.54, 1.807) is 12.1 Å². The van der Waals surface area contributed by atoms with Gasteiger partial charge in [0, 0.05) is 20.7 Å². The van der Waals surface area contributed by atoms with E-state index in [1.165, 1.54) is 21.3 Å². The quantitative estimate of drug-likeness (QED) is 0.447. The average molecular weight is 423 g/mol. The second-order valence-electron chi connectivity index (χ2n) is 4.86. The van der Waals surface area contributed by atoms with Crippen LogP contribution in [0.25, 0.3) is 0 Å². The van der Waals surface area contributed by atoms with Gasteiger partial charge in [0.15, 0.2) is 0 Å². The molecule has 0 aromatic heterocycles. The summed E-state index contributed by atoms with van der Waals surface area (Å²) in [5.74, 6) is 0.545. The van der Waals surface area contributed by atoms with Crippen LogP contribution >= 0.6 is 45.8 Å². The predicted octanol–water partition coefficient (Wildman–Crippen LogP) is 5.39. The van der Waals surface area contributed by atoms with E-state index < -0.39 is 0 Å². The SMILES string of the molecule is Fc1ccc(C(CCl)(CCl)Cc2ccc(I)cc2)cc1. The number of rotatable bonds is 5. The minimum atomic E-state index is -0.371. The average Bonchev–Trinajstić information content (AvgIpc) is 2.48. The molecule has 0 saturated carbocycles. The lowest BCUT2D eigenvalue weighted by Crippen LogP contribution is -2.33. The van der Waals surface area contributed by atoms with E-state index >= 15 is 0 Å². The highest BCUT2D eigenvalue weighted by Crippen LogP contribution is 2.32. The van der Waals surface area contributed by atoms with Crippen molar-refractivity contribution in [3.8, 4) is 0 Å². The molecule has 0 aliphatic rings. The van der Waals surface area contributed by atoms with Crippen molar-refractivity contribution in [3.63, 3.8) is 0 Å². The van der Waals surface area contributed by atoms with Crippen LogP contribution in [0.2, 0.25) is 0 Å². The van der Waals surface area contributed by atoms with E-state index in [0.29, 0.717) is 11.8 Å². The molecular weight excluding hydrogens is 409 g/mol. The van der Waals surface area contributed by atoms with Crippen molar-refractivity contribution in [2.24, 2.45) is 0 Å². The van der Waals surface area contributed by atoms with Crippen molar-refractivity contribution in [3.05, 3.63) is 69.0 Å². The first kappa shape index (κ1) is 16.1. The molecule has 0 bridgehead atoms. The summed E-state index contributed by atoms with van der Waals surface area (Å²) in [6, 6.07) is 14.7. The third-order valence-electron chi connectivity index (χ3n) is 3.42. The van der Waals surface area contributed by atoms with E-state index in [0.717, 1.165) is 12.0 Å². The molecule has 0 radical (unpaired) electrons. The molecule has 0 saturated heterocycles. The summed E-state index contributed by atoms with van der Waals surface area (Å²) >= 11 is 14.7. The Kier molecular flexibility index (Phi) is 5.70. The smallest absolute Gasteiger partial charge is 0.123 e. The zero-order valence-electron chi connectivity index (χ0n) is 10.8. The molecule has 2 rings (SSSR count). The standard InChI is InChI=1S/C16H14Cl2FI/c17-10-16(11-18,13-3-5-14(19)6-4-13)9-12-1-7-15(20)8-2-12/h1-8H,9-11H2. The highest BCUT2D eigenvalue weighted by Gasteiger charge is 2.31. The molecule has 0 aliphatic carbocycles. The van der Waals surface area contributed by atoms with E-state index in [-0.39, 0.29) is 11.2 Å². The summed E-state index contributed by atoms with van der Waals surface area (Å²) in [5, 5.41) is 0. The van der Waals surface area contributed by atoms with Crippen LogP contribution in [0, 0.1) is 9.39 Å². The Bertz CT molecular complexity index is 548. The van der Waals surface area contributed by atoms with Gasteiger partial charge in [-0.3, -0.25) is 0 Å². The molecule has 0 heterocycles. The van der Waals surface area contributed by atoms with Crippen molar-refractivity contribution in [2.75, 3.05) is 11.8 Å². The van der Waals surface area contributed by atoms with Crippen LogP contribution in [0.4, 0.5) is 4.39 Å². The summed E-state index contributed by atoms with van der Waals surface area (Å²) in [5.41, 5.74) is 1.78. The highest BCUT2D eigenvalue weighted by atomic mass is 127. The molecular formula is C16H14Cl2FI. The molecule has 20 heavy (non-hydrogen) atoms. The Labute approximate surface area is 142 Å². The van der Waals surface area contributed by atoms with Crippen LogP contribution in [-0.2, 0) is 11.8 Å². The highest BCUT2D eigenvalue weighted by molar-refractivity contribution is 14.1. The van der Waals surface area contributed by atoms with Crippen LogP contribution in [0.1, 0.15) is 11.1 Å². The molecule has 0 fully saturated rings. The first-order valence-corrected chi connectivity index (χ1v) is 8.37. The van der Waals surface area contributed by atoms with Gasteiger partial charge in [-0.15, -0.1) is 23.2 Å². The third kappa shape index (κ3) is 3.66. The van der Waals surface area contributed by atoms with E-state index in [4.69, 9.17) is 23.2 Å². The van der Waals surface area contributed by atoms with Gasteiger partial charge in [0.25, 0.3) is 0 Å². The zero-order chi connectivity index (χ0) is 14.6. The van der Waals surface area contributed by atoms with Crippen molar-refractivity contribution in [1.82, 2.24) is 0 Å². The molecule has 0 N–H and O–H groups in total. The van der Waals surface area contributed by atoms with Crippen molar-refractivity contribution in [1.29, 1.82) is 0 Å². The molecule has 0 amide bonds. The maximum absolute atomic E-state index is 13.1. The fourth-order valence-electron chi connectivity index (χ4n) is 2.18. The largest absolute Gasteiger partial charge is 0.207 e. The number of benzene rings is 2. The lowest BCUT2D eigenvalue weighted by Gasteiger charge is -2.30. The van der Waals surface area contributed by atoms with Crippen molar-refractivity contribution >= 4 is 45.8 Å². The Morgan fingerprint density at radius 2 is 1.45 bits per heavy atom. The minimum Gasteiger partial charge on any atom is -0.207 e. The molecule has 4 heteroatoms. The Hall–Kier alpha value is -0.320. The fourth-order valence-corrected chi connectivity index (χ4v) is 3.33. The first-order valence-electron chi connectivity index (χ1n) is 6.22. The van der Waals surface area contributed by atoms with Gasteiger partial charge in [0.05, 0.1) is 0 Å². The van der Waals surface area contributed by atoms with Crippen LogP contribution < -0.4 is 0 Å². The summed E-state index contributed by atoms with van der Waals surface area (Å²) < 4.78 is 14.3. The molecule has 0 atom stereocenters. The molecule has 0 aliphatic heterocycles. The molecule has 2 aromatic rings. The van der Waals surface area contributed by atoms with Crippen molar-refractivity contribution < 1.29 is 4.39 Å². The number of halogens is 4. The molecule has 0 nitrogen and oxygen atoms in total. The zero-order valence-corrected chi connectivity index (χ0v) is 14.4. The topological polar surface area (TPSA) is 0 Å². The third-order valence-corrected chi connectivity index (χ3v) is 5.17. The van der Waals surface area contributed by atoms with Gasteiger partial charge in [-0.25, -0.2) is 4.39 Å². The Balaban J connectivity index is 2.33. The molecule has 0 unspecified atom stereocenters. The second-order valence-corrected chi connectivity index (χ2v) is 6.64. The van der Waals surface area contributed by atoms with Crippen LogP contribution in [-0.4, -0.2) is 11.8 Å². The van der Waals surface area contributed by atoms with Crippen LogP contribution in [0.15, 0.2) is 48.5 Å². The van der Waals surface area contributed by atoms with Gasteiger partial charge in [0.1, 0.15) is 5.82 Å². The summed E-state index contributed by atoms with van der Waals surface area (Å²) in [7, 11) is 0. The van der Waals surface area contributed by atoms with Gasteiger partial charge in [-0.05, 0) is 64.4 Å². The lowest BCUT2D eigenvalue weighted by molar-refractivity contribution is 0.533. The Morgan fingerprint density at radius 1 is 0.900 bits per heavy atom. The van der Waals surface area contributed by atoms with Gasteiger partial charge in [0.2, 0.25) is 0 Å². The molecule has 106 valence electrons. The second kappa shape index (κ2) is 7.10. The first-order chi connectivity index (χ1) is 9.59. The van der Waals surface area contributed by atoms with E-state index in [9.17, 15) is 4.39 Å². The maximum Gasteiger partial charge on any atom is 0.123 e. The van der Waals surface area contributed by atoms with Crippen LogP contribution in [0.3, 0.4) is 0 Å². The maximum atomic E-state index is 13.1. The number of alkyl halides is 2. The summed E-state index contributed by atoms with van der Waals surface area (Å²) in [4.78, 5) is 0. The monoisotopic (exact) mass is 422 g/mol. The van der Waals surface area contributed by atoms with Gasteiger partial charge in [-0.1, -0.05) is 24.3 Å². The van der Waals surface area contributed by atoms with Crippen LogP contribution in [0.5, 0.6) is 0 Å². The van der Waals surface area contributed by atoms with E-state index in [1.807, 2.05) is 0 Å². The van der Waals surface area contributed by atoms with E-state index in [2.05, 4.69) is 46.9 Å². The number of hydrogen-bond acceptors (Lipinski definition) is 0. The summed E-state index contributed by atoms with van der Waals surface area (Å²) in [6.07, 6.45) is 0.739. The summed E-state index contributed by atoms with van der Waals surface area (Å²) in [6.45, 7) is 0. The molecule has 0 spiro atoms. The minimum absolute atomic E-state index is 0.249.